The molecule has 0 spiro atoms. The maximum absolute atomic E-state index is 12.7. The van der Waals surface area contributed by atoms with Crippen LogP contribution in [0.4, 0.5) is 18.9 Å². The second-order valence-electron chi connectivity index (χ2n) is 9.12. The summed E-state index contributed by atoms with van der Waals surface area (Å²) in [4.78, 5) is 53.0. The summed E-state index contributed by atoms with van der Waals surface area (Å²) >= 11 is 11.8. The molecule has 1 aliphatic heterocycles. The van der Waals surface area contributed by atoms with Crippen LogP contribution in [0, 0.1) is 0 Å². The molecule has 0 aromatic heterocycles. The molecule has 1 atom stereocenters. The number of phenolic OH excluding ortho intramolecular Hbond substituents is 2. The Morgan fingerprint density at radius 3 is 2.48 bits per heavy atom. The van der Waals surface area contributed by atoms with Gasteiger partial charge in [-0.15, -0.1) is 0 Å². The van der Waals surface area contributed by atoms with Crippen molar-refractivity contribution in [2.75, 3.05) is 18.4 Å². The van der Waals surface area contributed by atoms with Crippen LogP contribution in [-0.4, -0.2) is 59.1 Å². The Labute approximate surface area is 247 Å². The molecule has 0 aliphatic carbocycles. The number of carbonyl (C=O) groups excluding carboxylic acids is 4. The van der Waals surface area contributed by atoms with Gasteiger partial charge in [0.25, 0.3) is 5.91 Å². The van der Waals surface area contributed by atoms with Gasteiger partial charge in [0.2, 0.25) is 5.91 Å². The van der Waals surface area contributed by atoms with Crippen molar-refractivity contribution < 1.29 is 47.3 Å². The molecule has 2 aromatic carbocycles. The predicted molar refractivity (Wildman–Crippen MR) is 146 cm³/mol. The lowest BCUT2D eigenvalue weighted by molar-refractivity contribution is -0.202. The lowest BCUT2D eigenvalue weighted by atomic mass is 10.0. The molecular weight excluding hydrogens is 608 g/mol. The zero-order valence-electron chi connectivity index (χ0n) is 21.7. The number of halogens is 5. The van der Waals surface area contributed by atoms with Crippen LogP contribution in [0.1, 0.15) is 54.1 Å². The fraction of sp³-hybridized carbons (Fsp3) is 0.346. The van der Waals surface area contributed by atoms with E-state index < -0.39 is 54.7 Å². The number of esters is 2. The second kappa shape index (κ2) is 14.2. The molecule has 0 saturated heterocycles. The molecule has 0 radical (unpaired) electrons. The van der Waals surface area contributed by atoms with Gasteiger partial charge in [-0.05, 0) is 37.1 Å². The van der Waals surface area contributed by atoms with Gasteiger partial charge in [-0.3, -0.25) is 19.4 Å². The number of ether oxygens (including phenoxy) is 1. The molecule has 11 nitrogen and oxygen atoms in total. The SMILES string of the molecule is O=C(CNC(=O)c1cc(O)cc(NC2=NCCCCC2)c1)N[C@H](CC(=O)OC(=O)C(F)(F)F)c1cc(Cl)cc(Cl)c1O. The van der Waals surface area contributed by atoms with Crippen molar-refractivity contribution in [3.8, 4) is 11.5 Å². The lowest BCUT2D eigenvalue weighted by Gasteiger charge is -2.20. The van der Waals surface area contributed by atoms with Crippen LogP contribution in [0.3, 0.4) is 0 Å². The fourth-order valence-electron chi connectivity index (χ4n) is 3.92. The van der Waals surface area contributed by atoms with Crippen molar-refractivity contribution in [2.24, 2.45) is 4.99 Å². The summed E-state index contributed by atoms with van der Waals surface area (Å²) < 4.78 is 41.3. The van der Waals surface area contributed by atoms with Gasteiger partial charge < -0.3 is 30.9 Å². The van der Waals surface area contributed by atoms with Crippen molar-refractivity contribution in [3.05, 3.63) is 51.5 Å². The third-order valence-corrected chi connectivity index (χ3v) is 6.34. The summed E-state index contributed by atoms with van der Waals surface area (Å²) in [7, 11) is 0. The van der Waals surface area contributed by atoms with E-state index in [0.717, 1.165) is 37.5 Å². The number of carbonyl (C=O) groups is 4. The molecule has 3 rings (SSSR count). The molecule has 226 valence electrons. The Hall–Kier alpha value is -4.04. The molecule has 0 saturated carbocycles. The van der Waals surface area contributed by atoms with E-state index in [1.54, 1.807) is 0 Å². The van der Waals surface area contributed by atoms with E-state index in [2.05, 4.69) is 25.7 Å². The minimum Gasteiger partial charge on any atom is -0.508 e. The molecule has 42 heavy (non-hydrogen) atoms. The van der Waals surface area contributed by atoms with Crippen LogP contribution in [0.15, 0.2) is 35.3 Å². The second-order valence-corrected chi connectivity index (χ2v) is 9.97. The smallest absolute Gasteiger partial charge is 0.491 e. The number of alkyl halides is 3. The monoisotopic (exact) mass is 632 g/mol. The van der Waals surface area contributed by atoms with Gasteiger partial charge in [-0.25, -0.2) is 4.79 Å². The number of nitrogens with one attached hydrogen (secondary N) is 3. The molecule has 2 amide bonds. The minimum atomic E-state index is -5.45. The Morgan fingerprint density at radius 1 is 1.02 bits per heavy atom. The maximum atomic E-state index is 12.7. The Morgan fingerprint density at radius 2 is 1.76 bits per heavy atom. The first kappa shape index (κ1) is 32.5. The molecule has 5 N–H and O–H groups in total. The largest absolute Gasteiger partial charge is 0.508 e. The van der Waals surface area contributed by atoms with E-state index in [-0.39, 0.29) is 26.9 Å². The van der Waals surface area contributed by atoms with E-state index in [4.69, 9.17) is 23.2 Å². The van der Waals surface area contributed by atoms with E-state index in [9.17, 15) is 42.6 Å². The number of hydrogen-bond acceptors (Lipinski definition) is 9. The molecule has 0 unspecified atom stereocenters. The first-order valence-corrected chi connectivity index (χ1v) is 13.2. The summed E-state index contributed by atoms with van der Waals surface area (Å²) in [5.41, 5.74) is 0.115. The van der Waals surface area contributed by atoms with Crippen molar-refractivity contribution in [3.63, 3.8) is 0 Å². The number of hydrogen-bond donors (Lipinski definition) is 5. The molecule has 16 heteroatoms. The Bertz CT molecular complexity index is 1400. The summed E-state index contributed by atoms with van der Waals surface area (Å²) in [6.45, 7) is -0.0494. The average Bonchev–Trinajstić information content (AvgIpc) is 3.16. The van der Waals surface area contributed by atoms with Crippen molar-refractivity contribution in [2.45, 2.75) is 44.3 Å². The quantitative estimate of drug-likeness (QED) is 0.211. The molecule has 1 aliphatic rings. The minimum absolute atomic E-state index is 0.00965. The van der Waals surface area contributed by atoms with Gasteiger partial charge in [0.15, 0.2) is 0 Å². The van der Waals surface area contributed by atoms with Gasteiger partial charge in [0, 0.05) is 40.9 Å². The number of phenols is 2. The number of amides is 2. The highest BCUT2D eigenvalue weighted by Gasteiger charge is 2.42. The van der Waals surface area contributed by atoms with Crippen LogP contribution < -0.4 is 16.0 Å². The van der Waals surface area contributed by atoms with Crippen LogP contribution >= 0.6 is 23.2 Å². The Balaban J connectivity index is 1.71. The molecule has 0 bridgehead atoms. The number of nitrogens with zero attached hydrogens (tertiary/aromatic N) is 1. The van der Waals surface area contributed by atoms with Crippen molar-refractivity contribution in [1.82, 2.24) is 10.6 Å². The van der Waals surface area contributed by atoms with Crippen LogP contribution in [0.5, 0.6) is 11.5 Å². The first-order chi connectivity index (χ1) is 19.7. The highest BCUT2D eigenvalue weighted by atomic mass is 35.5. The highest BCUT2D eigenvalue weighted by Crippen LogP contribution is 2.36. The molecular formula is C26H25Cl2F3N4O7. The summed E-state index contributed by atoms with van der Waals surface area (Å²) in [5.74, 6) is -6.36. The predicted octanol–water partition coefficient (Wildman–Crippen LogP) is 4.40. The highest BCUT2D eigenvalue weighted by molar-refractivity contribution is 6.35. The number of aromatic hydroxyl groups is 2. The van der Waals surface area contributed by atoms with E-state index >= 15 is 0 Å². The van der Waals surface area contributed by atoms with Crippen LogP contribution in [0.2, 0.25) is 10.0 Å². The van der Waals surface area contributed by atoms with E-state index in [1.165, 1.54) is 12.1 Å². The normalized spacial score (nSPS) is 14.2. The molecule has 0 fully saturated rings. The third kappa shape index (κ3) is 9.52. The molecule has 1 heterocycles. The summed E-state index contributed by atoms with van der Waals surface area (Å²) in [6.07, 6.45) is -2.88. The van der Waals surface area contributed by atoms with Crippen molar-refractivity contribution in [1.29, 1.82) is 0 Å². The third-order valence-electron chi connectivity index (χ3n) is 5.83. The van der Waals surface area contributed by atoms with Crippen LogP contribution in [0.25, 0.3) is 0 Å². The zero-order valence-corrected chi connectivity index (χ0v) is 23.2. The van der Waals surface area contributed by atoms with Crippen LogP contribution in [-0.2, 0) is 19.1 Å². The standard InChI is InChI=1S/C26H25Cl2F3N4O7/c27-14-8-17(23(39)18(28)9-14)19(11-22(38)42-25(41)26(29,30)31)35-21(37)12-33-24(40)13-6-15(10-16(36)7-13)34-20-4-2-1-3-5-32-20/h6-10,19,36,39H,1-5,11-12H2,(H,32,34)(H,33,40)(H,35,37)/t19-/m1/s1. The number of benzene rings is 2. The summed E-state index contributed by atoms with van der Waals surface area (Å²) in [5, 5.41) is 27.7. The average molecular weight is 633 g/mol. The fourth-order valence-corrected chi connectivity index (χ4v) is 4.43. The van der Waals surface area contributed by atoms with Gasteiger partial charge in [0.1, 0.15) is 17.3 Å². The van der Waals surface area contributed by atoms with E-state index in [1.807, 2.05) is 0 Å². The van der Waals surface area contributed by atoms with Gasteiger partial charge in [-0.2, -0.15) is 13.2 Å². The zero-order chi connectivity index (χ0) is 31.0. The number of rotatable bonds is 8. The van der Waals surface area contributed by atoms with Gasteiger partial charge in [0.05, 0.1) is 24.0 Å². The number of amidine groups is 1. The van der Waals surface area contributed by atoms with Crippen molar-refractivity contribution >= 4 is 58.5 Å². The number of aliphatic imine (C=N–C) groups is 1. The Kier molecular flexibility index (Phi) is 11.0. The van der Waals surface area contributed by atoms with Gasteiger partial charge >= 0.3 is 18.1 Å². The summed E-state index contributed by atoms with van der Waals surface area (Å²) in [6, 6.07) is 4.64. The van der Waals surface area contributed by atoms with Gasteiger partial charge in [-0.1, -0.05) is 29.6 Å². The first-order valence-electron chi connectivity index (χ1n) is 12.4. The van der Waals surface area contributed by atoms with E-state index in [0.29, 0.717) is 24.5 Å². The maximum Gasteiger partial charge on any atom is 0.491 e. The molecule has 2 aromatic rings. The topological polar surface area (TPSA) is 166 Å². The lowest BCUT2D eigenvalue weighted by Crippen LogP contribution is -2.39. The number of anilines is 1.